The van der Waals surface area contributed by atoms with Gasteiger partial charge in [-0.05, 0) is 56.4 Å². The molecule has 0 radical (unpaired) electrons. The standard InChI is InChI=1S/C24H20F4N4O3/c1-13-10-17-19(32(13)23(34)31-15-5-3-4-14(11-15)24(26,27)28)6-7-20(21(17)25)35-16-8-9-30-18(12-16)22(33)29-2/h3-12,22,29,33H,1-2H3,(H,31,34). The molecule has 182 valence electrons. The third-order valence-corrected chi connectivity index (χ3v) is 5.25. The third-order valence-electron chi connectivity index (χ3n) is 5.25. The van der Waals surface area contributed by atoms with Gasteiger partial charge in [0.2, 0.25) is 0 Å². The Morgan fingerprint density at radius 2 is 1.91 bits per heavy atom. The Balaban J connectivity index is 1.63. The van der Waals surface area contributed by atoms with Crippen molar-refractivity contribution in [1.82, 2.24) is 14.9 Å². The van der Waals surface area contributed by atoms with Gasteiger partial charge in [-0.3, -0.25) is 14.9 Å². The minimum absolute atomic E-state index is 0.0521. The van der Waals surface area contributed by atoms with Gasteiger partial charge < -0.3 is 15.2 Å². The van der Waals surface area contributed by atoms with Crippen LogP contribution in [0.3, 0.4) is 0 Å². The Kier molecular flexibility index (Phi) is 6.46. The third kappa shape index (κ3) is 4.96. The molecule has 2 heterocycles. The first-order valence-corrected chi connectivity index (χ1v) is 10.4. The molecule has 0 bridgehead atoms. The minimum Gasteiger partial charge on any atom is -0.454 e. The molecule has 2 aromatic heterocycles. The SMILES string of the molecule is CNC(O)c1cc(Oc2ccc3c(cc(C)n3C(=O)Nc3cccc(C(F)(F)F)c3)c2F)ccn1. The summed E-state index contributed by atoms with van der Waals surface area (Å²) in [6.45, 7) is 1.57. The summed E-state index contributed by atoms with van der Waals surface area (Å²) in [5.74, 6) is -0.617. The van der Waals surface area contributed by atoms with Crippen LogP contribution in [0.2, 0.25) is 0 Å². The smallest absolute Gasteiger partial charge is 0.416 e. The Hall–Kier alpha value is -3.96. The molecule has 0 aliphatic rings. The van der Waals surface area contributed by atoms with Gasteiger partial charge in [0.1, 0.15) is 12.0 Å². The quantitative estimate of drug-likeness (QED) is 0.252. The fraction of sp³-hybridized carbons (Fsp3) is 0.167. The van der Waals surface area contributed by atoms with E-state index in [0.717, 1.165) is 16.7 Å². The molecule has 2 aromatic carbocycles. The van der Waals surface area contributed by atoms with Crippen LogP contribution in [0.5, 0.6) is 11.5 Å². The molecule has 1 amide bonds. The van der Waals surface area contributed by atoms with Crippen molar-refractivity contribution in [1.29, 1.82) is 0 Å². The number of carbonyl (C=O) groups is 1. The lowest BCUT2D eigenvalue weighted by molar-refractivity contribution is -0.137. The van der Waals surface area contributed by atoms with Gasteiger partial charge in [-0.2, -0.15) is 13.2 Å². The number of aromatic nitrogens is 2. The van der Waals surface area contributed by atoms with E-state index in [0.29, 0.717) is 5.69 Å². The zero-order chi connectivity index (χ0) is 25.3. The molecule has 0 aliphatic heterocycles. The Labute approximate surface area is 197 Å². The number of aliphatic hydroxyl groups is 1. The van der Waals surface area contributed by atoms with Gasteiger partial charge in [-0.25, -0.2) is 9.18 Å². The van der Waals surface area contributed by atoms with E-state index in [-0.39, 0.29) is 33.8 Å². The molecule has 3 N–H and O–H groups in total. The van der Waals surface area contributed by atoms with E-state index < -0.39 is 29.8 Å². The van der Waals surface area contributed by atoms with Crippen LogP contribution in [0.4, 0.5) is 28.0 Å². The van der Waals surface area contributed by atoms with Crippen LogP contribution >= 0.6 is 0 Å². The number of alkyl halides is 3. The normalized spacial score (nSPS) is 12.5. The maximum absolute atomic E-state index is 15.3. The van der Waals surface area contributed by atoms with Gasteiger partial charge in [0.05, 0.1) is 16.8 Å². The maximum Gasteiger partial charge on any atom is 0.416 e. The monoisotopic (exact) mass is 488 g/mol. The van der Waals surface area contributed by atoms with E-state index in [1.165, 1.54) is 48.7 Å². The zero-order valence-corrected chi connectivity index (χ0v) is 18.5. The van der Waals surface area contributed by atoms with Crippen molar-refractivity contribution in [3.63, 3.8) is 0 Å². The summed E-state index contributed by atoms with van der Waals surface area (Å²) < 4.78 is 61.0. The fourth-order valence-electron chi connectivity index (χ4n) is 3.58. The molecule has 0 spiro atoms. The van der Waals surface area contributed by atoms with Gasteiger partial charge in [0.15, 0.2) is 11.6 Å². The highest BCUT2D eigenvalue weighted by Gasteiger charge is 2.30. The number of anilines is 1. The van der Waals surface area contributed by atoms with E-state index in [2.05, 4.69) is 15.6 Å². The van der Waals surface area contributed by atoms with Crippen molar-refractivity contribution in [2.75, 3.05) is 12.4 Å². The second-order valence-corrected chi connectivity index (χ2v) is 7.65. The van der Waals surface area contributed by atoms with Gasteiger partial charge >= 0.3 is 12.2 Å². The van der Waals surface area contributed by atoms with Crippen LogP contribution in [0.25, 0.3) is 10.9 Å². The number of rotatable bonds is 5. The van der Waals surface area contributed by atoms with Crippen LogP contribution in [0.15, 0.2) is 60.8 Å². The molecule has 0 saturated heterocycles. The van der Waals surface area contributed by atoms with E-state index in [1.54, 1.807) is 14.0 Å². The summed E-state index contributed by atoms with van der Waals surface area (Å²) >= 11 is 0. The number of fused-ring (bicyclic) bond motifs is 1. The van der Waals surface area contributed by atoms with Crippen LogP contribution < -0.4 is 15.4 Å². The number of aryl methyl sites for hydroxylation is 1. The molecule has 35 heavy (non-hydrogen) atoms. The lowest BCUT2D eigenvalue weighted by atomic mass is 10.2. The number of amides is 1. The average Bonchev–Trinajstić information content (AvgIpc) is 3.17. The van der Waals surface area contributed by atoms with Crippen molar-refractivity contribution in [3.8, 4) is 11.5 Å². The summed E-state index contributed by atoms with van der Waals surface area (Å²) in [4.78, 5) is 16.9. The van der Waals surface area contributed by atoms with Crippen LogP contribution in [-0.2, 0) is 6.18 Å². The molecule has 4 rings (SSSR count). The van der Waals surface area contributed by atoms with Gasteiger partial charge in [-0.15, -0.1) is 0 Å². The molecule has 1 unspecified atom stereocenters. The van der Waals surface area contributed by atoms with Crippen molar-refractivity contribution < 1.29 is 32.2 Å². The average molecular weight is 488 g/mol. The maximum atomic E-state index is 15.3. The topological polar surface area (TPSA) is 88.4 Å². The molecule has 0 fully saturated rings. The van der Waals surface area contributed by atoms with E-state index in [4.69, 9.17) is 4.74 Å². The molecule has 0 aliphatic carbocycles. The highest BCUT2D eigenvalue weighted by Crippen LogP contribution is 2.33. The van der Waals surface area contributed by atoms with Gasteiger partial charge in [0.25, 0.3) is 0 Å². The summed E-state index contributed by atoms with van der Waals surface area (Å²) in [6, 6.07) is 10.7. The number of nitrogens with one attached hydrogen (secondary N) is 2. The molecule has 4 aromatic rings. The number of benzene rings is 2. The summed E-state index contributed by atoms with van der Waals surface area (Å²) in [7, 11) is 1.55. The molecular weight excluding hydrogens is 468 g/mol. The Bertz CT molecular complexity index is 1400. The number of halogens is 4. The van der Waals surface area contributed by atoms with Crippen LogP contribution in [-0.4, -0.2) is 27.7 Å². The molecule has 7 nitrogen and oxygen atoms in total. The summed E-state index contributed by atoms with van der Waals surface area (Å²) in [6.07, 6.45) is -4.19. The number of pyridine rings is 1. The van der Waals surface area contributed by atoms with Crippen LogP contribution in [0.1, 0.15) is 23.2 Å². The first-order valence-electron chi connectivity index (χ1n) is 10.4. The Morgan fingerprint density at radius 3 is 2.63 bits per heavy atom. The molecule has 1 atom stereocenters. The van der Waals surface area contributed by atoms with Crippen LogP contribution in [0, 0.1) is 12.7 Å². The number of aliphatic hydroxyl groups excluding tert-OH is 1. The largest absolute Gasteiger partial charge is 0.454 e. The highest BCUT2D eigenvalue weighted by atomic mass is 19.4. The first-order chi connectivity index (χ1) is 16.6. The fourth-order valence-corrected chi connectivity index (χ4v) is 3.58. The predicted octanol–water partition coefficient (Wildman–Crippen LogP) is 5.59. The second-order valence-electron chi connectivity index (χ2n) is 7.65. The molecular formula is C24H20F4N4O3. The lowest BCUT2D eigenvalue weighted by Gasteiger charge is -2.13. The Morgan fingerprint density at radius 1 is 1.14 bits per heavy atom. The number of hydrogen-bond acceptors (Lipinski definition) is 5. The van der Waals surface area contributed by atoms with E-state index >= 15 is 4.39 Å². The predicted molar refractivity (Wildman–Crippen MR) is 121 cm³/mol. The summed E-state index contributed by atoms with van der Waals surface area (Å²) in [5, 5.41) is 15.0. The number of hydrogen-bond donors (Lipinski definition) is 3. The van der Waals surface area contributed by atoms with Crippen molar-refractivity contribution >= 4 is 22.6 Å². The van der Waals surface area contributed by atoms with Crippen molar-refractivity contribution in [2.24, 2.45) is 0 Å². The number of ether oxygens (including phenoxy) is 1. The van der Waals surface area contributed by atoms with Crippen molar-refractivity contribution in [3.05, 3.63) is 83.6 Å². The second kappa shape index (κ2) is 9.35. The van der Waals surface area contributed by atoms with Gasteiger partial charge in [0, 0.05) is 29.0 Å². The van der Waals surface area contributed by atoms with Gasteiger partial charge in [-0.1, -0.05) is 6.07 Å². The molecule has 11 heteroatoms. The minimum atomic E-state index is -4.56. The molecule has 0 saturated carbocycles. The summed E-state index contributed by atoms with van der Waals surface area (Å²) in [5.41, 5.74) is -0.107. The lowest BCUT2D eigenvalue weighted by Crippen LogP contribution is -2.20. The van der Waals surface area contributed by atoms with E-state index in [9.17, 15) is 23.1 Å². The van der Waals surface area contributed by atoms with E-state index in [1.807, 2.05) is 0 Å². The highest BCUT2D eigenvalue weighted by molar-refractivity contribution is 6.00. The number of nitrogens with zero attached hydrogens (tertiary/aromatic N) is 2. The first kappa shape index (κ1) is 24.2. The number of carbonyl (C=O) groups excluding carboxylic acids is 1. The zero-order valence-electron chi connectivity index (χ0n) is 18.5. The van der Waals surface area contributed by atoms with Crippen molar-refractivity contribution in [2.45, 2.75) is 19.3 Å².